The van der Waals surface area contributed by atoms with Crippen molar-refractivity contribution in [2.24, 2.45) is 17.6 Å². The molecule has 1 aliphatic carbocycles. The number of halogens is 1. The van der Waals surface area contributed by atoms with Crippen molar-refractivity contribution in [3.05, 3.63) is 60.2 Å². The number of pyridine rings is 1. The molecule has 2 amide bonds. The summed E-state index contributed by atoms with van der Waals surface area (Å²) in [6, 6.07) is 9.34. The Morgan fingerprint density at radius 1 is 1.07 bits per heavy atom. The van der Waals surface area contributed by atoms with Gasteiger partial charge in [0.1, 0.15) is 5.82 Å². The lowest BCUT2D eigenvalue weighted by molar-refractivity contribution is -0.123. The third kappa shape index (κ3) is 6.35. The maximum atomic E-state index is 12.9. The maximum absolute atomic E-state index is 12.9. The molecule has 4 N–H and O–H groups in total. The van der Waals surface area contributed by atoms with Crippen LogP contribution < -0.4 is 16.4 Å². The van der Waals surface area contributed by atoms with Crippen molar-refractivity contribution < 1.29 is 14.0 Å². The number of amides is 2. The average Bonchev–Trinajstić information content (AvgIpc) is 2.74. The third-order valence-electron chi connectivity index (χ3n) is 5.52. The molecule has 1 aromatic heterocycles. The minimum Gasteiger partial charge on any atom is -0.352 e. The number of carbonyl (C=O) groups is 2. The lowest BCUT2D eigenvalue weighted by Gasteiger charge is -2.31. The highest BCUT2D eigenvalue weighted by molar-refractivity contribution is 5.92. The molecule has 154 valence electrons. The number of hydrogen-bond donors (Lipinski definition) is 3. The topological polar surface area (TPSA) is 97.1 Å². The fourth-order valence-electron chi connectivity index (χ4n) is 3.74. The molecule has 1 heterocycles. The molecule has 29 heavy (non-hydrogen) atoms. The molecule has 1 fully saturated rings. The number of nitrogens with one attached hydrogen (secondary N) is 2. The van der Waals surface area contributed by atoms with Gasteiger partial charge in [0.05, 0.1) is 0 Å². The largest absolute Gasteiger partial charge is 0.352 e. The van der Waals surface area contributed by atoms with E-state index in [2.05, 4.69) is 15.6 Å². The van der Waals surface area contributed by atoms with Gasteiger partial charge in [-0.25, -0.2) is 4.39 Å². The van der Waals surface area contributed by atoms with Crippen LogP contribution in [0.4, 0.5) is 10.1 Å². The van der Waals surface area contributed by atoms with E-state index in [1.54, 1.807) is 36.7 Å². The predicted octanol–water partition coefficient (Wildman–Crippen LogP) is 3.00. The number of nitrogens with zero attached hydrogens (tertiary/aromatic N) is 1. The van der Waals surface area contributed by atoms with Crippen molar-refractivity contribution in [3.8, 4) is 0 Å². The van der Waals surface area contributed by atoms with Gasteiger partial charge < -0.3 is 16.4 Å². The van der Waals surface area contributed by atoms with Crippen LogP contribution in [0.2, 0.25) is 0 Å². The summed E-state index contributed by atoms with van der Waals surface area (Å²) in [4.78, 5) is 28.5. The minimum atomic E-state index is -0.299. The van der Waals surface area contributed by atoms with Crippen LogP contribution in [0.15, 0.2) is 48.8 Å². The van der Waals surface area contributed by atoms with Gasteiger partial charge in [-0.05, 0) is 61.4 Å². The first-order valence-electron chi connectivity index (χ1n) is 9.99. The second-order valence-corrected chi connectivity index (χ2v) is 7.61. The third-order valence-corrected chi connectivity index (χ3v) is 5.52. The van der Waals surface area contributed by atoms with Crippen LogP contribution in [0.3, 0.4) is 0 Å². The Morgan fingerprint density at radius 3 is 2.38 bits per heavy atom. The summed E-state index contributed by atoms with van der Waals surface area (Å²) in [6.07, 6.45) is 6.75. The van der Waals surface area contributed by atoms with Crippen molar-refractivity contribution in [1.82, 2.24) is 10.3 Å². The van der Waals surface area contributed by atoms with Gasteiger partial charge in [-0.3, -0.25) is 14.6 Å². The molecular weight excluding hydrogens is 371 g/mol. The summed E-state index contributed by atoms with van der Waals surface area (Å²) >= 11 is 0. The molecule has 1 aliphatic rings. The number of nitrogens with two attached hydrogens (primary N) is 1. The van der Waals surface area contributed by atoms with E-state index in [0.29, 0.717) is 6.54 Å². The van der Waals surface area contributed by atoms with Crippen molar-refractivity contribution in [3.63, 3.8) is 0 Å². The standard InChI is InChI=1S/C22H27FN4O2/c23-18-7-1-15(2-8-18)14-26-21(28)13-20(24)16-3-5-17(6-4-16)22(29)27-19-9-11-25-12-10-19/h1-2,7-12,16-17,20H,3-6,13-14,24H2,(H,26,28)(H,25,27,29). The van der Waals surface area contributed by atoms with Crippen LogP contribution in [-0.4, -0.2) is 22.8 Å². The van der Waals surface area contributed by atoms with Crippen LogP contribution in [0.5, 0.6) is 0 Å². The van der Waals surface area contributed by atoms with Crippen LogP contribution in [0.25, 0.3) is 0 Å². The summed E-state index contributed by atoms with van der Waals surface area (Å²) in [5.74, 6) is -0.178. The van der Waals surface area contributed by atoms with Crippen LogP contribution >= 0.6 is 0 Å². The van der Waals surface area contributed by atoms with Crippen LogP contribution in [-0.2, 0) is 16.1 Å². The Labute approximate surface area is 170 Å². The molecule has 6 nitrogen and oxygen atoms in total. The number of rotatable bonds is 7. The van der Waals surface area contributed by atoms with Gasteiger partial charge >= 0.3 is 0 Å². The van der Waals surface area contributed by atoms with Gasteiger partial charge in [-0.15, -0.1) is 0 Å². The zero-order valence-corrected chi connectivity index (χ0v) is 16.3. The smallest absolute Gasteiger partial charge is 0.227 e. The molecule has 1 unspecified atom stereocenters. The van der Waals surface area contributed by atoms with E-state index < -0.39 is 0 Å². The average molecular weight is 398 g/mol. The van der Waals surface area contributed by atoms with E-state index in [-0.39, 0.29) is 41.9 Å². The highest BCUT2D eigenvalue weighted by atomic mass is 19.1. The van der Waals surface area contributed by atoms with E-state index in [9.17, 15) is 14.0 Å². The van der Waals surface area contributed by atoms with E-state index >= 15 is 0 Å². The molecule has 0 saturated heterocycles. The summed E-state index contributed by atoms with van der Waals surface area (Å²) < 4.78 is 12.9. The Bertz CT molecular complexity index is 805. The predicted molar refractivity (Wildman–Crippen MR) is 109 cm³/mol. The molecule has 3 rings (SSSR count). The number of aromatic nitrogens is 1. The highest BCUT2D eigenvalue weighted by Gasteiger charge is 2.30. The van der Waals surface area contributed by atoms with Crippen molar-refractivity contribution in [2.45, 2.75) is 44.7 Å². The molecule has 0 radical (unpaired) electrons. The van der Waals surface area contributed by atoms with Crippen molar-refractivity contribution in [1.29, 1.82) is 0 Å². The highest BCUT2D eigenvalue weighted by Crippen LogP contribution is 2.32. The number of hydrogen-bond acceptors (Lipinski definition) is 4. The van der Waals surface area contributed by atoms with Gasteiger partial charge in [-0.2, -0.15) is 0 Å². The molecule has 2 aromatic rings. The number of benzene rings is 1. The molecule has 7 heteroatoms. The molecular formula is C22H27FN4O2. The molecule has 1 saturated carbocycles. The van der Waals surface area contributed by atoms with Gasteiger partial charge in [0, 0.05) is 43.0 Å². The lowest BCUT2D eigenvalue weighted by Crippen LogP contribution is -2.39. The SMILES string of the molecule is NC(CC(=O)NCc1ccc(F)cc1)C1CCC(C(=O)Nc2ccncc2)CC1. The van der Waals surface area contributed by atoms with E-state index in [1.807, 2.05) is 0 Å². The Morgan fingerprint density at radius 2 is 1.72 bits per heavy atom. The first-order chi connectivity index (χ1) is 14.0. The van der Waals surface area contributed by atoms with E-state index in [1.165, 1.54) is 12.1 Å². The Balaban J connectivity index is 1.38. The van der Waals surface area contributed by atoms with Crippen molar-refractivity contribution in [2.75, 3.05) is 5.32 Å². The molecule has 0 bridgehead atoms. The normalized spacial score (nSPS) is 19.9. The maximum Gasteiger partial charge on any atom is 0.227 e. The summed E-state index contributed by atoms with van der Waals surface area (Å²) in [7, 11) is 0. The van der Waals surface area contributed by atoms with Gasteiger partial charge in [0.15, 0.2) is 0 Å². The second kappa shape index (κ2) is 10.1. The first kappa shape index (κ1) is 20.9. The van der Waals surface area contributed by atoms with Crippen molar-refractivity contribution >= 4 is 17.5 Å². The summed E-state index contributed by atoms with van der Waals surface area (Å²) in [5.41, 5.74) is 7.86. The summed E-state index contributed by atoms with van der Waals surface area (Å²) in [6.45, 7) is 0.355. The minimum absolute atomic E-state index is 0.0280. The number of anilines is 1. The van der Waals surface area contributed by atoms with Gasteiger partial charge in [0.25, 0.3) is 0 Å². The zero-order valence-electron chi connectivity index (χ0n) is 16.3. The van der Waals surface area contributed by atoms with E-state index in [0.717, 1.165) is 36.9 Å². The Kier molecular flexibility index (Phi) is 7.30. The summed E-state index contributed by atoms with van der Waals surface area (Å²) in [5, 5.41) is 5.76. The molecule has 1 aromatic carbocycles. The number of carbonyl (C=O) groups excluding carboxylic acids is 2. The van der Waals surface area contributed by atoms with Gasteiger partial charge in [0.2, 0.25) is 11.8 Å². The van der Waals surface area contributed by atoms with Crippen LogP contribution in [0.1, 0.15) is 37.7 Å². The monoisotopic (exact) mass is 398 g/mol. The molecule has 1 atom stereocenters. The zero-order chi connectivity index (χ0) is 20.6. The second-order valence-electron chi connectivity index (χ2n) is 7.61. The molecule has 0 spiro atoms. The van der Waals surface area contributed by atoms with E-state index in [4.69, 9.17) is 5.73 Å². The quantitative estimate of drug-likeness (QED) is 0.668. The van der Waals surface area contributed by atoms with Crippen LogP contribution in [0, 0.1) is 17.7 Å². The molecule has 0 aliphatic heterocycles. The fraction of sp³-hybridized carbons (Fsp3) is 0.409. The lowest BCUT2D eigenvalue weighted by atomic mass is 9.77. The Hall–Kier alpha value is -2.80. The fourth-order valence-corrected chi connectivity index (χ4v) is 3.74. The van der Waals surface area contributed by atoms with Gasteiger partial charge in [-0.1, -0.05) is 12.1 Å². The first-order valence-corrected chi connectivity index (χ1v) is 9.99.